The number of pyridine rings is 1. The Morgan fingerprint density at radius 2 is 2.10 bits per heavy atom. The third-order valence-electron chi connectivity index (χ3n) is 6.12. The number of hydrogen-bond acceptors (Lipinski definition) is 5. The van der Waals surface area contributed by atoms with Crippen molar-refractivity contribution in [2.75, 3.05) is 44.6 Å². The molecule has 2 aromatic heterocycles. The Labute approximate surface area is 172 Å². The van der Waals surface area contributed by atoms with Crippen molar-refractivity contribution in [3.8, 4) is 0 Å². The van der Waals surface area contributed by atoms with Crippen LogP contribution in [0, 0.1) is 0 Å². The summed E-state index contributed by atoms with van der Waals surface area (Å²) < 4.78 is 22.0. The van der Waals surface area contributed by atoms with E-state index in [4.69, 9.17) is 4.74 Å². The number of imidazole rings is 1. The highest BCUT2D eigenvalue weighted by Crippen LogP contribution is 2.29. The molecule has 2 aliphatic rings. The molecule has 0 spiro atoms. The minimum atomic E-state index is -1.01. The number of morpholine rings is 1. The van der Waals surface area contributed by atoms with Gasteiger partial charge in [-0.05, 0) is 31.7 Å². The minimum absolute atomic E-state index is 0.301. The molecule has 6 nitrogen and oxygen atoms in total. The van der Waals surface area contributed by atoms with Crippen LogP contribution in [0.3, 0.4) is 0 Å². The molecule has 0 bridgehead atoms. The predicted molar refractivity (Wildman–Crippen MR) is 114 cm³/mol. The lowest BCUT2D eigenvalue weighted by Gasteiger charge is -2.36. The molecule has 2 atom stereocenters. The van der Waals surface area contributed by atoms with E-state index in [1.807, 2.05) is 18.5 Å². The fourth-order valence-electron chi connectivity index (χ4n) is 4.38. The van der Waals surface area contributed by atoms with E-state index in [0.717, 1.165) is 69.2 Å². The molecule has 0 aliphatic carbocycles. The number of piperidine rings is 1. The third-order valence-corrected chi connectivity index (χ3v) is 6.12. The first kappa shape index (κ1) is 20.6. The maximum atomic E-state index is 14.1. The van der Waals surface area contributed by atoms with Crippen LogP contribution in [0.25, 0.3) is 5.65 Å². The molecule has 2 fully saturated rings. The Bertz CT molecular complexity index is 807. The lowest BCUT2D eigenvalue weighted by atomic mass is 10.0. The molecule has 2 unspecified atom stereocenters. The Balaban J connectivity index is 1.44. The first-order valence-corrected chi connectivity index (χ1v) is 11.0. The molecule has 0 aromatic carbocycles. The fourth-order valence-corrected chi connectivity index (χ4v) is 4.38. The van der Waals surface area contributed by atoms with Crippen LogP contribution in [0.1, 0.15) is 57.0 Å². The first-order chi connectivity index (χ1) is 14.0. The number of hydrogen-bond donors (Lipinski definition) is 2. The van der Waals surface area contributed by atoms with Crippen LogP contribution >= 0.6 is 0 Å². The summed E-state index contributed by atoms with van der Waals surface area (Å²) in [5.74, 6) is 0.336. The van der Waals surface area contributed by atoms with Crippen LogP contribution in [0.5, 0.6) is 0 Å². The van der Waals surface area contributed by atoms with Gasteiger partial charge >= 0.3 is 0 Å². The van der Waals surface area contributed by atoms with Gasteiger partial charge in [-0.1, -0.05) is 13.8 Å². The van der Waals surface area contributed by atoms with Crippen LogP contribution in [-0.4, -0.2) is 65.8 Å². The highest BCUT2D eigenvalue weighted by atomic mass is 19.1. The second kappa shape index (κ2) is 8.98. The molecule has 0 saturated carbocycles. The summed E-state index contributed by atoms with van der Waals surface area (Å²) in [6, 6.07) is 2.31. The number of nitrogens with one attached hydrogen (secondary N) is 2. The topological polar surface area (TPSA) is 53.8 Å². The maximum absolute atomic E-state index is 14.1. The van der Waals surface area contributed by atoms with Crippen molar-refractivity contribution in [2.24, 2.45) is 0 Å². The predicted octanol–water partition coefficient (Wildman–Crippen LogP) is 3.35. The van der Waals surface area contributed by atoms with E-state index in [-0.39, 0.29) is 0 Å². The number of likely N-dealkylation sites (tertiary alicyclic amines) is 1. The van der Waals surface area contributed by atoms with Gasteiger partial charge in [0.2, 0.25) is 0 Å². The molecule has 2 aliphatic heterocycles. The van der Waals surface area contributed by atoms with Crippen LogP contribution in [0.4, 0.5) is 10.1 Å². The zero-order valence-corrected chi connectivity index (χ0v) is 17.8. The van der Waals surface area contributed by atoms with Gasteiger partial charge in [0, 0.05) is 62.4 Å². The quantitative estimate of drug-likeness (QED) is 0.775. The SMILES string of the molecule is CC(C)c1cnc2c(NC3CCN(CC4CNCCO4)CC3)cc(C(C)F)cn12. The summed E-state index contributed by atoms with van der Waals surface area (Å²) in [7, 11) is 0. The smallest absolute Gasteiger partial charge is 0.160 e. The average molecular weight is 404 g/mol. The Morgan fingerprint density at radius 1 is 1.31 bits per heavy atom. The number of nitrogens with zero attached hydrogens (tertiary/aromatic N) is 3. The summed E-state index contributed by atoms with van der Waals surface area (Å²) >= 11 is 0. The second-order valence-corrected chi connectivity index (χ2v) is 8.75. The highest BCUT2D eigenvalue weighted by Gasteiger charge is 2.24. The van der Waals surface area contributed by atoms with E-state index in [1.54, 1.807) is 6.92 Å². The molecule has 2 aromatic rings. The molecule has 7 heteroatoms. The molecule has 2 saturated heterocycles. The van der Waals surface area contributed by atoms with Gasteiger partial charge in [-0.25, -0.2) is 9.37 Å². The number of aromatic nitrogens is 2. The van der Waals surface area contributed by atoms with E-state index in [2.05, 4.69) is 38.8 Å². The van der Waals surface area contributed by atoms with Crippen molar-refractivity contribution in [1.82, 2.24) is 19.6 Å². The summed E-state index contributed by atoms with van der Waals surface area (Å²) in [6.45, 7) is 11.7. The molecule has 4 rings (SSSR count). The number of alkyl halides is 1. The normalized spacial score (nSPS) is 23.0. The number of rotatable bonds is 6. The van der Waals surface area contributed by atoms with E-state index in [9.17, 15) is 4.39 Å². The fraction of sp³-hybridized carbons (Fsp3) is 0.682. The highest BCUT2D eigenvalue weighted by molar-refractivity contribution is 5.69. The van der Waals surface area contributed by atoms with Crippen molar-refractivity contribution in [2.45, 2.75) is 57.8 Å². The van der Waals surface area contributed by atoms with Crippen molar-refractivity contribution in [3.05, 3.63) is 29.7 Å². The van der Waals surface area contributed by atoms with Gasteiger partial charge in [0.15, 0.2) is 5.65 Å². The average Bonchev–Trinajstić information content (AvgIpc) is 3.15. The van der Waals surface area contributed by atoms with Crippen LogP contribution in [-0.2, 0) is 4.74 Å². The number of fused-ring (bicyclic) bond motifs is 1. The van der Waals surface area contributed by atoms with Crippen LogP contribution in [0.15, 0.2) is 18.5 Å². The first-order valence-electron chi connectivity index (χ1n) is 11.0. The molecular weight excluding hydrogens is 369 g/mol. The second-order valence-electron chi connectivity index (χ2n) is 8.75. The van der Waals surface area contributed by atoms with Gasteiger partial charge in [0.1, 0.15) is 6.17 Å². The third kappa shape index (κ3) is 4.73. The van der Waals surface area contributed by atoms with Gasteiger partial charge in [-0.3, -0.25) is 0 Å². The summed E-state index contributed by atoms with van der Waals surface area (Å²) in [5, 5.41) is 7.08. The van der Waals surface area contributed by atoms with E-state index in [1.165, 1.54) is 0 Å². The molecular formula is C22H34FN5O. The molecule has 29 heavy (non-hydrogen) atoms. The molecule has 0 radical (unpaired) electrons. The zero-order valence-electron chi connectivity index (χ0n) is 17.8. The Hall–Kier alpha value is -1.70. The molecule has 160 valence electrons. The van der Waals surface area contributed by atoms with Crippen LogP contribution in [0.2, 0.25) is 0 Å². The van der Waals surface area contributed by atoms with Gasteiger partial charge < -0.3 is 24.7 Å². The van der Waals surface area contributed by atoms with Gasteiger partial charge in [-0.15, -0.1) is 0 Å². The van der Waals surface area contributed by atoms with Crippen molar-refractivity contribution in [3.63, 3.8) is 0 Å². The maximum Gasteiger partial charge on any atom is 0.160 e. The molecule has 2 N–H and O–H groups in total. The van der Waals surface area contributed by atoms with Gasteiger partial charge in [0.25, 0.3) is 0 Å². The summed E-state index contributed by atoms with van der Waals surface area (Å²) in [6.07, 6.45) is 5.25. The molecule has 4 heterocycles. The monoisotopic (exact) mass is 403 g/mol. The molecule has 0 amide bonds. The Kier molecular flexibility index (Phi) is 6.37. The summed E-state index contributed by atoms with van der Waals surface area (Å²) in [4.78, 5) is 7.14. The number of ether oxygens (including phenoxy) is 1. The van der Waals surface area contributed by atoms with Gasteiger partial charge in [-0.2, -0.15) is 0 Å². The van der Waals surface area contributed by atoms with E-state index in [0.29, 0.717) is 23.6 Å². The Morgan fingerprint density at radius 3 is 2.76 bits per heavy atom. The summed E-state index contributed by atoms with van der Waals surface area (Å²) in [5.41, 5.74) is 3.64. The van der Waals surface area contributed by atoms with Crippen LogP contribution < -0.4 is 10.6 Å². The lowest BCUT2D eigenvalue weighted by molar-refractivity contribution is 0.00179. The standard InChI is InChI=1S/C22H34FN5O/c1-15(2)21-12-25-22-20(10-17(16(3)23)13-28(21)22)26-18-4-7-27(8-5-18)14-19-11-24-6-9-29-19/h10,12-13,15-16,18-19,24,26H,4-9,11,14H2,1-3H3. The van der Waals surface area contributed by atoms with Crippen molar-refractivity contribution in [1.29, 1.82) is 0 Å². The van der Waals surface area contributed by atoms with Crippen molar-refractivity contribution < 1.29 is 9.13 Å². The minimum Gasteiger partial charge on any atom is -0.379 e. The van der Waals surface area contributed by atoms with Gasteiger partial charge in [0.05, 0.1) is 18.4 Å². The number of halogens is 1. The van der Waals surface area contributed by atoms with E-state index < -0.39 is 6.17 Å². The lowest BCUT2D eigenvalue weighted by Crippen LogP contribution is -2.48. The number of anilines is 1. The zero-order chi connectivity index (χ0) is 20.4. The van der Waals surface area contributed by atoms with E-state index >= 15 is 0 Å². The van der Waals surface area contributed by atoms with Crippen molar-refractivity contribution >= 4 is 11.3 Å². The largest absolute Gasteiger partial charge is 0.379 e.